The topological polar surface area (TPSA) is 73.5 Å². The van der Waals surface area contributed by atoms with Crippen LogP contribution in [0.15, 0.2) is 55.0 Å². The number of piperidine rings is 1. The summed E-state index contributed by atoms with van der Waals surface area (Å²) in [5.41, 5.74) is 6.36. The van der Waals surface area contributed by atoms with E-state index < -0.39 is 0 Å². The average Bonchev–Trinajstić information content (AvgIpc) is 3.38. The van der Waals surface area contributed by atoms with E-state index in [9.17, 15) is 0 Å². The number of aryl methyl sites for hydroxylation is 1. The molecule has 1 N–H and O–H groups in total. The van der Waals surface area contributed by atoms with Gasteiger partial charge in [-0.15, -0.1) is 0 Å². The van der Waals surface area contributed by atoms with Crippen LogP contribution in [-0.2, 0) is 13.6 Å². The van der Waals surface area contributed by atoms with Crippen molar-refractivity contribution in [2.45, 2.75) is 25.3 Å². The lowest BCUT2D eigenvalue weighted by Gasteiger charge is -2.31. The summed E-state index contributed by atoms with van der Waals surface area (Å²) in [6.07, 6.45) is 8.39. The van der Waals surface area contributed by atoms with E-state index in [2.05, 4.69) is 44.5 Å². The molecule has 0 atom stereocenters. The Labute approximate surface area is 175 Å². The summed E-state index contributed by atoms with van der Waals surface area (Å²) in [6.45, 7) is 3.03. The van der Waals surface area contributed by atoms with Crippen LogP contribution < -0.4 is 0 Å². The predicted octanol–water partition coefficient (Wildman–Crippen LogP) is 4.21. The van der Waals surface area contributed by atoms with E-state index in [0.717, 1.165) is 49.4 Å². The third kappa shape index (κ3) is 3.49. The first-order valence-corrected chi connectivity index (χ1v) is 10.4. The molecule has 1 fully saturated rings. The molecule has 1 aliphatic rings. The fourth-order valence-corrected chi connectivity index (χ4v) is 4.56. The van der Waals surface area contributed by atoms with Crippen LogP contribution in [0.1, 0.15) is 35.4 Å². The molecule has 6 nitrogen and oxygen atoms in total. The Morgan fingerprint density at radius 3 is 2.73 bits per heavy atom. The van der Waals surface area contributed by atoms with E-state index in [4.69, 9.17) is 5.26 Å². The zero-order chi connectivity index (χ0) is 20.5. The van der Waals surface area contributed by atoms with Gasteiger partial charge in [0.1, 0.15) is 5.65 Å². The van der Waals surface area contributed by atoms with Crippen LogP contribution in [0.5, 0.6) is 0 Å². The van der Waals surface area contributed by atoms with Gasteiger partial charge in [-0.2, -0.15) is 10.4 Å². The van der Waals surface area contributed by atoms with E-state index in [-0.39, 0.29) is 0 Å². The number of nitrogens with one attached hydrogen (secondary N) is 1. The van der Waals surface area contributed by atoms with Crippen LogP contribution in [0.2, 0.25) is 0 Å². The Balaban J connectivity index is 1.29. The Morgan fingerprint density at radius 1 is 1.17 bits per heavy atom. The molecule has 0 bridgehead atoms. The summed E-state index contributed by atoms with van der Waals surface area (Å²) >= 11 is 0. The van der Waals surface area contributed by atoms with Crippen LogP contribution >= 0.6 is 0 Å². The molecule has 4 aromatic rings. The first kappa shape index (κ1) is 18.6. The SMILES string of the molecule is Cn1cc(CN2CCC(c3c[nH]c4ncccc34)CC2)c(-c2ccc(C#N)cc2)n1. The number of benzene rings is 1. The van der Waals surface area contributed by atoms with Crippen molar-refractivity contribution in [1.29, 1.82) is 5.26 Å². The molecule has 1 aromatic carbocycles. The number of nitrogens with zero attached hydrogens (tertiary/aromatic N) is 5. The van der Waals surface area contributed by atoms with Crippen molar-refractivity contribution in [3.63, 3.8) is 0 Å². The Kier molecular flexibility index (Phi) is 4.82. The Bertz CT molecular complexity index is 1200. The molecular weight excluding hydrogens is 372 g/mol. The minimum atomic E-state index is 0.575. The molecule has 3 aromatic heterocycles. The van der Waals surface area contributed by atoms with Gasteiger partial charge in [-0.3, -0.25) is 9.58 Å². The van der Waals surface area contributed by atoms with Crippen molar-refractivity contribution < 1.29 is 0 Å². The van der Waals surface area contributed by atoms with Gasteiger partial charge in [0, 0.05) is 48.7 Å². The van der Waals surface area contributed by atoms with Gasteiger partial charge in [0.05, 0.1) is 17.3 Å². The molecule has 1 aliphatic heterocycles. The number of likely N-dealkylation sites (tertiary alicyclic amines) is 1. The lowest BCUT2D eigenvalue weighted by atomic mass is 9.89. The van der Waals surface area contributed by atoms with Crippen LogP contribution in [0.3, 0.4) is 0 Å². The summed E-state index contributed by atoms with van der Waals surface area (Å²) in [4.78, 5) is 10.3. The molecule has 1 saturated heterocycles. The minimum Gasteiger partial charge on any atom is -0.346 e. The predicted molar refractivity (Wildman–Crippen MR) is 117 cm³/mol. The molecule has 150 valence electrons. The maximum absolute atomic E-state index is 9.04. The van der Waals surface area contributed by atoms with Crippen LogP contribution in [0.4, 0.5) is 0 Å². The van der Waals surface area contributed by atoms with E-state index in [0.29, 0.717) is 11.5 Å². The molecule has 5 rings (SSSR count). The molecule has 4 heterocycles. The molecule has 0 saturated carbocycles. The summed E-state index contributed by atoms with van der Waals surface area (Å²) < 4.78 is 1.88. The number of aromatic amines is 1. The monoisotopic (exact) mass is 396 g/mol. The second-order valence-electron chi connectivity index (χ2n) is 8.06. The summed E-state index contributed by atoms with van der Waals surface area (Å²) in [7, 11) is 1.97. The van der Waals surface area contributed by atoms with E-state index in [1.807, 2.05) is 48.3 Å². The van der Waals surface area contributed by atoms with Gasteiger partial charge in [-0.05, 0) is 61.7 Å². The van der Waals surface area contributed by atoms with Crippen molar-refractivity contribution in [2.24, 2.45) is 7.05 Å². The van der Waals surface area contributed by atoms with Crippen LogP contribution in [-0.4, -0.2) is 37.7 Å². The molecule has 0 spiro atoms. The van der Waals surface area contributed by atoms with Gasteiger partial charge in [0.2, 0.25) is 0 Å². The van der Waals surface area contributed by atoms with E-state index in [1.165, 1.54) is 16.5 Å². The fraction of sp³-hybridized carbons (Fsp3) is 0.292. The molecule has 0 unspecified atom stereocenters. The van der Waals surface area contributed by atoms with Crippen LogP contribution in [0.25, 0.3) is 22.3 Å². The first-order valence-electron chi connectivity index (χ1n) is 10.4. The van der Waals surface area contributed by atoms with Gasteiger partial charge < -0.3 is 4.98 Å². The number of rotatable bonds is 4. The number of fused-ring (bicyclic) bond motifs is 1. The number of hydrogen-bond donors (Lipinski definition) is 1. The standard InChI is InChI=1S/C24H24N6/c1-29-15-20(23(28-29)19-6-4-17(13-25)5-7-19)16-30-11-8-18(9-12-30)22-14-27-24-21(22)3-2-10-26-24/h2-7,10,14-15,18H,8-9,11-12,16H2,1H3,(H,26,27). The van der Waals surface area contributed by atoms with Gasteiger partial charge >= 0.3 is 0 Å². The summed E-state index contributed by atoms with van der Waals surface area (Å²) in [5.74, 6) is 0.575. The molecule has 6 heteroatoms. The number of H-pyrrole nitrogens is 1. The highest BCUT2D eigenvalue weighted by molar-refractivity contribution is 5.80. The van der Waals surface area contributed by atoms with Crippen molar-refractivity contribution in [2.75, 3.05) is 13.1 Å². The number of nitriles is 1. The van der Waals surface area contributed by atoms with Gasteiger partial charge in [0.15, 0.2) is 0 Å². The number of aromatic nitrogens is 4. The van der Waals surface area contributed by atoms with Crippen molar-refractivity contribution >= 4 is 11.0 Å². The average molecular weight is 396 g/mol. The van der Waals surface area contributed by atoms with E-state index >= 15 is 0 Å². The van der Waals surface area contributed by atoms with Crippen molar-refractivity contribution in [3.8, 4) is 17.3 Å². The van der Waals surface area contributed by atoms with Gasteiger partial charge in [-0.1, -0.05) is 12.1 Å². The molecular formula is C24H24N6. The molecule has 0 radical (unpaired) electrons. The summed E-state index contributed by atoms with van der Waals surface area (Å²) in [6, 6.07) is 14.0. The molecule has 0 amide bonds. The third-order valence-corrected chi connectivity index (χ3v) is 6.10. The maximum atomic E-state index is 9.04. The van der Waals surface area contributed by atoms with Crippen molar-refractivity contribution in [1.82, 2.24) is 24.6 Å². The highest BCUT2D eigenvalue weighted by Gasteiger charge is 2.24. The number of pyridine rings is 1. The summed E-state index contributed by atoms with van der Waals surface area (Å²) in [5, 5.41) is 15.0. The maximum Gasteiger partial charge on any atom is 0.137 e. The highest BCUT2D eigenvalue weighted by Crippen LogP contribution is 2.33. The quantitative estimate of drug-likeness (QED) is 0.561. The normalized spacial score (nSPS) is 15.5. The van der Waals surface area contributed by atoms with Crippen molar-refractivity contribution in [3.05, 3.63) is 71.7 Å². The molecule has 30 heavy (non-hydrogen) atoms. The second-order valence-corrected chi connectivity index (χ2v) is 8.06. The van der Waals surface area contributed by atoms with Crippen LogP contribution in [0, 0.1) is 11.3 Å². The number of hydrogen-bond acceptors (Lipinski definition) is 4. The smallest absolute Gasteiger partial charge is 0.137 e. The second kappa shape index (κ2) is 7.77. The van der Waals surface area contributed by atoms with Gasteiger partial charge in [-0.25, -0.2) is 4.98 Å². The first-order chi connectivity index (χ1) is 14.7. The zero-order valence-electron chi connectivity index (χ0n) is 17.0. The lowest BCUT2D eigenvalue weighted by Crippen LogP contribution is -2.32. The minimum absolute atomic E-state index is 0.575. The highest BCUT2D eigenvalue weighted by atomic mass is 15.3. The van der Waals surface area contributed by atoms with Gasteiger partial charge in [0.25, 0.3) is 0 Å². The Hall–Kier alpha value is -3.43. The third-order valence-electron chi connectivity index (χ3n) is 6.10. The lowest BCUT2D eigenvalue weighted by molar-refractivity contribution is 0.205. The van der Waals surface area contributed by atoms with E-state index in [1.54, 1.807) is 0 Å². The Morgan fingerprint density at radius 2 is 1.97 bits per heavy atom. The molecule has 0 aliphatic carbocycles. The largest absolute Gasteiger partial charge is 0.346 e. The zero-order valence-corrected chi connectivity index (χ0v) is 17.0. The fourth-order valence-electron chi connectivity index (χ4n) is 4.56.